The van der Waals surface area contributed by atoms with E-state index in [2.05, 4.69) is 25.2 Å². The lowest BCUT2D eigenvalue weighted by molar-refractivity contribution is 0.0856. The first-order valence-electron chi connectivity index (χ1n) is 7.57. The molecule has 1 aliphatic heterocycles. The summed E-state index contributed by atoms with van der Waals surface area (Å²) in [4.78, 5) is 1.22. The van der Waals surface area contributed by atoms with Crippen molar-refractivity contribution in [2.24, 2.45) is 0 Å². The van der Waals surface area contributed by atoms with Gasteiger partial charge >= 0.3 is 0 Å². The van der Waals surface area contributed by atoms with E-state index in [1.807, 2.05) is 17.5 Å². The maximum Gasteiger partial charge on any atom is 0.176 e. The number of anilines is 1. The minimum Gasteiger partial charge on any atom is -0.485 e. The van der Waals surface area contributed by atoms with Crippen molar-refractivity contribution in [2.75, 3.05) is 11.6 Å². The molecule has 1 aliphatic rings. The highest BCUT2D eigenvalue weighted by atomic mass is 32.2. The first-order valence-corrected chi connectivity index (χ1v) is 10.3. The van der Waals surface area contributed by atoms with Gasteiger partial charge in [-0.3, -0.25) is 0 Å². The van der Waals surface area contributed by atoms with Crippen molar-refractivity contribution in [1.82, 2.24) is 0 Å². The monoisotopic (exact) mass is 351 g/mol. The summed E-state index contributed by atoms with van der Waals surface area (Å²) in [7, 11) is -3.19. The molecule has 2 aromatic rings. The molecule has 4 nitrogen and oxygen atoms in total. The second-order valence-electron chi connectivity index (χ2n) is 6.49. The van der Waals surface area contributed by atoms with Gasteiger partial charge in [0.05, 0.1) is 17.1 Å². The number of thiophene rings is 1. The Morgan fingerprint density at radius 3 is 2.83 bits per heavy atom. The van der Waals surface area contributed by atoms with Gasteiger partial charge in [-0.1, -0.05) is 12.1 Å². The topological polar surface area (TPSA) is 55.4 Å². The second-order valence-corrected chi connectivity index (χ2v) is 9.47. The van der Waals surface area contributed by atoms with Gasteiger partial charge in [0.2, 0.25) is 0 Å². The maximum atomic E-state index is 11.8. The average Bonchev–Trinajstić information content (AvgIpc) is 2.93. The Morgan fingerprint density at radius 2 is 2.09 bits per heavy atom. The molecule has 2 heterocycles. The van der Waals surface area contributed by atoms with E-state index in [0.717, 1.165) is 29.2 Å². The second kappa shape index (κ2) is 5.83. The molecule has 0 unspecified atom stereocenters. The summed E-state index contributed by atoms with van der Waals surface area (Å²) in [6.45, 7) is 4.65. The maximum absolute atomic E-state index is 11.8. The Balaban J connectivity index is 1.84. The van der Waals surface area contributed by atoms with Crippen molar-refractivity contribution in [3.63, 3.8) is 0 Å². The number of hydrogen-bond donors (Lipinski definition) is 1. The van der Waals surface area contributed by atoms with E-state index in [-0.39, 0.29) is 5.60 Å². The number of benzene rings is 1. The van der Waals surface area contributed by atoms with Crippen molar-refractivity contribution in [1.29, 1.82) is 0 Å². The molecule has 124 valence electrons. The molecule has 0 aliphatic carbocycles. The van der Waals surface area contributed by atoms with Crippen LogP contribution in [0.2, 0.25) is 0 Å². The van der Waals surface area contributed by atoms with Gasteiger partial charge in [0.25, 0.3) is 0 Å². The van der Waals surface area contributed by atoms with Gasteiger partial charge in [-0.25, -0.2) is 8.42 Å². The summed E-state index contributed by atoms with van der Waals surface area (Å²) < 4.78 is 29.7. The van der Waals surface area contributed by atoms with Crippen LogP contribution in [0.5, 0.6) is 5.75 Å². The molecule has 0 radical (unpaired) electrons. The van der Waals surface area contributed by atoms with E-state index >= 15 is 0 Å². The van der Waals surface area contributed by atoms with Crippen LogP contribution in [0.4, 0.5) is 5.69 Å². The van der Waals surface area contributed by atoms with Gasteiger partial charge in [0, 0.05) is 11.1 Å². The highest BCUT2D eigenvalue weighted by Gasteiger charge is 2.28. The summed E-state index contributed by atoms with van der Waals surface area (Å²) in [5, 5.41) is 5.16. The first-order chi connectivity index (χ1) is 10.8. The lowest BCUT2D eigenvalue weighted by Crippen LogP contribution is -2.33. The molecule has 6 heteroatoms. The fourth-order valence-electron chi connectivity index (χ4n) is 2.77. The van der Waals surface area contributed by atoms with Crippen LogP contribution < -0.4 is 10.1 Å². The van der Waals surface area contributed by atoms with Crippen molar-refractivity contribution in [3.05, 3.63) is 40.1 Å². The Hall–Kier alpha value is -1.53. The number of rotatable bonds is 4. The van der Waals surface area contributed by atoms with Crippen molar-refractivity contribution in [2.45, 2.75) is 43.7 Å². The number of fused-ring (bicyclic) bond motifs is 1. The van der Waals surface area contributed by atoms with Gasteiger partial charge in [-0.05, 0) is 49.8 Å². The molecule has 1 N–H and O–H groups in total. The molecule has 0 fully saturated rings. The molecule has 0 saturated carbocycles. The van der Waals surface area contributed by atoms with Crippen LogP contribution in [0.15, 0.2) is 34.5 Å². The van der Waals surface area contributed by atoms with E-state index in [0.29, 0.717) is 11.4 Å². The molecule has 0 saturated heterocycles. The fraction of sp³-hybridized carbons (Fsp3) is 0.412. The third kappa shape index (κ3) is 3.53. The van der Waals surface area contributed by atoms with Crippen molar-refractivity contribution >= 4 is 26.9 Å². The summed E-state index contributed by atoms with van der Waals surface area (Å²) in [6.07, 6.45) is 3.23. The Kier molecular flexibility index (Phi) is 4.14. The standard InChI is InChI=1S/C17H21NO3S2/c1-17(2)9-7-12-5-4-6-13(16(12)21-17)18-11-14-15(8-10-22-14)23(3,19)20/h4-6,8,10,18H,7,9,11H2,1-3H3. The molecule has 0 bridgehead atoms. The molecule has 0 atom stereocenters. The molecule has 1 aromatic heterocycles. The van der Waals surface area contributed by atoms with Crippen LogP contribution >= 0.6 is 11.3 Å². The number of hydrogen-bond acceptors (Lipinski definition) is 5. The third-order valence-electron chi connectivity index (χ3n) is 4.01. The van der Waals surface area contributed by atoms with Crippen LogP contribution in [0.1, 0.15) is 30.7 Å². The molecular weight excluding hydrogens is 330 g/mol. The van der Waals surface area contributed by atoms with Crippen LogP contribution in [0, 0.1) is 0 Å². The normalized spacial score (nSPS) is 16.5. The fourth-order valence-corrected chi connectivity index (χ4v) is 4.96. The lowest BCUT2D eigenvalue weighted by atomic mass is 9.94. The number of nitrogens with one attached hydrogen (secondary N) is 1. The molecule has 23 heavy (non-hydrogen) atoms. The quantitative estimate of drug-likeness (QED) is 0.908. The largest absolute Gasteiger partial charge is 0.485 e. The highest BCUT2D eigenvalue weighted by molar-refractivity contribution is 7.90. The van der Waals surface area contributed by atoms with E-state index in [4.69, 9.17) is 4.74 Å². The summed E-state index contributed by atoms with van der Waals surface area (Å²) in [6, 6.07) is 7.74. The van der Waals surface area contributed by atoms with Gasteiger partial charge in [-0.15, -0.1) is 11.3 Å². The van der Waals surface area contributed by atoms with Crippen LogP contribution in [-0.2, 0) is 22.8 Å². The number of ether oxygens (including phenoxy) is 1. The zero-order valence-electron chi connectivity index (χ0n) is 13.5. The molecule has 1 aromatic carbocycles. The predicted molar refractivity (Wildman–Crippen MR) is 94.2 cm³/mol. The Labute approximate surface area is 141 Å². The number of aryl methyl sites for hydroxylation is 1. The summed E-state index contributed by atoms with van der Waals surface area (Å²) in [5.74, 6) is 0.890. The molecule has 0 amide bonds. The molecule has 3 rings (SSSR count). The van der Waals surface area contributed by atoms with E-state index in [1.165, 1.54) is 23.2 Å². The van der Waals surface area contributed by atoms with E-state index in [1.54, 1.807) is 6.07 Å². The minimum atomic E-state index is -3.19. The zero-order chi connectivity index (χ0) is 16.7. The molecular formula is C17H21NO3S2. The van der Waals surface area contributed by atoms with E-state index < -0.39 is 9.84 Å². The first kappa shape index (κ1) is 16.3. The summed E-state index contributed by atoms with van der Waals surface area (Å²) in [5.41, 5.74) is 1.94. The Bertz CT molecular complexity index is 822. The van der Waals surface area contributed by atoms with Crippen LogP contribution in [-0.4, -0.2) is 20.3 Å². The number of sulfone groups is 1. The van der Waals surface area contributed by atoms with Crippen LogP contribution in [0.3, 0.4) is 0 Å². The Morgan fingerprint density at radius 1 is 1.30 bits per heavy atom. The van der Waals surface area contributed by atoms with Gasteiger partial charge in [-0.2, -0.15) is 0 Å². The van der Waals surface area contributed by atoms with Gasteiger partial charge in [0.15, 0.2) is 9.84 Å². The lowest BCUT2D eigenvalue weighted by Gasteiger charge is -2.33. The van der Waals surface area contributed by atoms with Crippen LogP contribution in [0.25, 0.3) is 0 Å². The highest BCUT2D eigenvalue weighted by Crippen LogP contribution is 2.39. The zero-order valence-corrected chi connectivity index (χ0v) is 15.2. The third-order valence-corrected chi connectivity index (χ3v) is 6.25. The summed E-state index contributed by atoms with van der Waals surface area (Å²) >= 11 is 1.45. The number of para-hydroxylation sites is 1. The minimum absolute atomic E-state index is 0.175. The average molecular weight is 351 g/mol. The smallest absolute Gasteiger partial charge is 0.176 e. The van der Waals surface area contributed by atoms with Crippen molar-refractivity contribution < 1.29 is 13.2 Å². The van der Waals surface area contributed by atoms with Gasteiger partial charge < -0.3 is 10.1 Å². The van der Waals surface area contributed by atoms with Crippen molar-refractivity contribution in [3.8, 4) is 5.75 Å². The SMILES string of the molecule is CC1(C)CCc2cccc(NCc3sccc3S(C)(=O)=O)c2O1. The van der Waals surface area contributed by atoms with E-state index in [9.17, 15) is 8.42 Å². The van der Waals surface area contributed by atoms with Gasteiger partial charge in [0.1, 0.15) is 11.4 Å². The predicted octanol–water partition coefficient (Wildman–Crippen LogP) is 3.87. The molecule has 0 spiro atoms.